The maximum atomic E-state index is 5.29. The minimum Gasteiger partial charge on any atom is -0.497 e. The summed E-state index contributed by atoms with van der Waals surface area (Å²) in [7, 11) is 4.06. The SMILES string of the molecule is COc1ccc([C@H]2CN(C)[C@H]3C4CCN(CC4)[C@@H]23)cc1. The summed E-state index contributed by atoms with van der Waals surface area (Å²) >= 11 is 0. The van der Waals surface area contributed by atoms with Crippen LogP contribution in [0.2, 0.25) is 0 Å². The standard InChI is InChI=1S/C17H24N2O/c1-18-11-15(12-3-5-14(20-2)6-4-12)17-16(18)13-7-9-19(17)10-8-13/h3-6,13,15-17H,7-11H2,1-2H3/t15-,16+,17+/m1/s1. The van der Waals surface area contributed by atoms with Crippen molar-refractivity contribution in [1.29, 1.82) is 0 Å². The monoisotopic (exact) mass is 272 g/mol. The molecule has 1 aromatic rings. The Morgan fingerprint density at radius 3 is 2.40 bits per heavy atom. The lowest BCUT2D eigenvalue weighted by atomic mass is 9.75. The summed E-state index contributed by atoms with van der Waals surface area (Å²) in [5, 5.41) is 0. The summed E-state index contributed by atoms with van der Waals surface area (Å²) in [5.74, 6) is 2.55. The topological polar surface area (TPSA) is 15.7 Å². The zero-order chi connectivity index (χ0) is 13.7. The first-order valence-corrected chi connectivity index (χ1v) is 7.86. The molecule has 1 aromatic carbocycles. The highest BCUT2D eigenvalue weighted by molar-refractivity contribution is 5.32. The van der Waals surface area contributed by atoms with Crippen LogP contribution in [0.25, 0.3) is 0 Å². The highest BCUT2D eigenvalue weighted by Crippen LogP contribution is 2.45. The molecule has 0 spiro atoms. The third-order valence-electron chi connectivity index (χ3n) is 5.78. The second-order valence-electron chi connectivity index (χ2n) is 6.67. The molecule has 108 valence electrons. The van der Waals surface area contributed by atoms with E-state index in [1.807, 2.05) is 0 Å². The van der Waals surface area contributed by atoms with Crippen LogP contribution in [0.1, 0.15) is 24.3 Å². The number of likely N-dealkylation sites (N-methyl/N-ethyl adjacent to an activating group) is 1. The van der Waals surface area contributed by atoms with E-state index >= 15 is 0 Å². The Kier molecular flexibility index (Phi) is 3.00. The molecule has 0 aliphatic carbocycles. The maximum Gasteiger partial charge on any atom is 0.118 e. The molecule has 4 saturated heterocycles. The Morgan fingerprint density at radius 1 is 1.05 bits per heavy atom. The van der Waals surface area contributed by atoms with Crippen molar-refractivity contribution in [2.24, 2.45) is 5.92 Å². The molecule has 2 bridgehead atoms. The predicted molar refractivity (Wildman–Crippen MR) is 80.2 cm³/mol. The van der Waals surface area contributed by atoms with E-state index in [9.17, 15) is 0 Å². The largest absolute Gasteiger partial charge is 0.497 e. The van der Waals surface area contributed by atoms with Gasteiger partial charge in [0.05, 0.1) is 7.11 Å². The molecule has 3 heteroatoms. The van der Waals surface area contributed by atoms with Crippen molar-refractivity contribution in [1.82, 2.24) is 9.80 Å². The fraction of sp³-hybridized carbons (Fsp3) is 0.647. The van der Waals surface area contributed by atoms with Gasteiger partial charge in [0.2, 0.25) is 0 Å². The van der Waals surface area contributed by atoms with Crippen molar-refractivity contribution in [3.63, 3.8) is 0 Å². The van der Waals surface area contributed by atoms with Crippen LogP contribution in [0.4, 0.5) is 0 Å². The quantitative estimate of drug-likeness (QED) is 0.821. The molecule has 0 unspecified atom stereocenters. The van der Waals surface area contributed by atoms with Crippen molar-refractivity contribution in [2.75, 3.05) is 33.8 Å². The minimum absolute atomic E-state index is 0.666. The molecular formula is C17H24N2O. The molecule has 4 aliphatic heterocycles. The second-order valence-corrected chi connectivity index (χ2v) is 6.67. The zero-order valence-corrected chi connectivity index (χ0v) is 12.5. The van der Waals surface area contributed by atoms with Gasteiger partial charge in [-0.1, -0.05) is 12.1 Å². The van der Waals surface area contributed by atoms with Gasteiger partial charge in [-0.3, -0.25) is 4.90 Å². The summed E-state index contributed by atoms with van der Waals surface area (Å²) < 4.78 is 5.29. The van der Waals surface area contributed by atoms with Gasteiger partial charge in [0, 0.05) is 24.5 Å². The normalized spacial score (nSPS) is 39.8. The maximum absolute atomic E-state index is 5.29. The summed E-state index contributed by atoms with van der Waals surface area (Å²) in [6.07, 6.45) is 2.81. The number of benzene rings is 1. The Hall–Kier alpha value is -1.06. The van der Waals surface area contributed by atoms with Gasteiger partial charge >= 0.3 is 0 Å². The molecule has 4 aliphatic rings. The average molecular weight is 272 g/mol. The van der Waals surface area contributed by atoms with E-state index < -0.39 is 0 Å². The lowest BCUT2D eigenvalue weighted by molar-refractivity contribution is 0.000199. The molecular weight excluding hydrogens is 248 g/mol. The van der Waals surface area contributed by atoms with Gasteiger partial charge in [-0.15, -0.1) is 0 Å². The number of ether oxygens (including phenoxy) is 1. The van der Waals surface area contributed by atoms with E-state index in [0.717, 1.165) is 23.8 Å². The fourth-order valence-corrected chi connectivity index (χ4v) is 4.86. The third-order valence-corrected chi connectivity index (χ3v) is 5.78. The Labute approximate surface area is 121 Å². The zero-order valence-electron chi connectivity index (χ0n) is 12.5. The molecule has 4 heterocycles. The summed E-state index contributed by atoms with van der Waals surface area (Å²) in [5.41, 5.74) is 1.48. The van der Waals surface area contributed by atoms with Gasteiger partial charge in [-0.2, -0.15) is 0 Å². The molecule has 3 atom stereocenters. The van der Waals surface area contributed by atoms with Crippen molar-refractivity contribution >= 4 is 0 Å². The molecule has 5 rings (SSSR count). The molecule has 0 radical (unpaired) electrons. The summed E-state index contributed by atoms with van der Waals surface area (Å²) in [6.45, 7) is 3.83. The Bertz CT molecular complexity index is 478. The second kappa shape index (κ2) is 4.74. The fourth-order valence-electron chi connectivity index (χ4n) is 4.86. The molecule has 3 nitrogen and oxygen atoms in total. The Morgan fingerprint density at radius 2 is 1.75 bits per heavy atom. The van der Waals surface area contributed by atoms with Gasteiger partial charge in [0.1, 0.15) is 5.75 Å². The van der Waals surface area contributed by atoms with Crippen LogP contribution in [0.5, 0.6) is 5.75 Å². The molecule has 0 aromatic heterocycles. The van der Waals surface area contributed by atoms with Crippen molar-refractivity contribution in [3.05, 3.63) is 29.8 Å². The number of methoxy groups -OCH3 is 1. The lowest BCUT2D eigenvalue weighted by Crippen LogP contribution is -2.59. The van der Waals surface area contributed by atoms with E-state index in [2.05, 4.69) is 41.1 Å². The number of hydrogen-bond donors (Lipinski definition) is 0. The van der Waals surface area contributed by atoms with Crippen LogP contribution in [0.3, 0.4) is 0 Å². The third kappa shape index (κ3) is 1.80. The average Bonchev–Trinajstić information content (AvgIpc) is 2.89. The van der Waals surface area contributed by atoms with Gasteiger partial charge in [0.25, 0.3) is 0 Å². The Balaban J connectivity index is 1.65. The van der Waals surface area contributed by atoms with Crippen LogP contribution in [0.15, 0.2) is 24.3 Å². The number of rotatable bonds is 2. The van der Waals surface area contributed by atoms with E-state index in [0.29, 0.717) is 5.92 Å². The van der Waals surface area contributed by atoms with Crippen LogP contribution >= 0.6 is 0 Å². The summed E-state index contributed by atoms with van der Waals surface area (Å²) in [4.78, 5) is 5.37. The molecule has 0 N–H and O–H groups in total. The van der Waals surface area contributed by atoms with Crippen molar-refractivity contribution in [2.45, 2.75) is 30.8 Å². The van der Waals surface area contributed by atoms with Crippen LogP contribution in [0, 0.1) is 5.92 Å². The highest BCUT2D eigenvalue weighted by Gasteiger charge is 2.51. The van der Waals surface area contributed by atoms with Crippen LogP contribution in [-0.4, -0.2) is 55.7 Å². The van der Waals surface area contributed by atoms with E-state index in [4.69, 9.17) is 4.74 Å². The molecule has 0 saturated carbocycles. The van der Waals surface area contributed by atoms with Crippen LogP contribution < -0.4 is 4.74 Å². The number of hydrogen-bond acceptors (Lipinski definition) is 3. The molecule has 4 fully saturated rings. The lowest BCUT2D eigenvalue weighted by Gasteiger charge is -2.51. The number of piperidine rings is 3. The first-order chi connectivity index (χ1) is 9.78. The van der Waals surface area contributed by atoms with Gasteiger partial charge < -0.3 is 9.64 Å². The number of likely N-dealkylation sites (tertiary alicyclic amines) is 1. The van der Waals surface area contributed by atoms with Crippen LogP contribution in [-0.2, 0) is 0 Å². The predicted octanol–water partition coefficient (Wildman–Crippen LogP) is 2.19. The number of fused-ring (bicyclic) bond motifs is 2. The highest BCUT2D eigenvalue weighted by atomic mass is 16.5. The minimum atomic E-state index is 0.666. The summed E-state index contributed by atoms with van der Waals surface area (Å²) in [6, 6.07) is 10.3. The van der Waals surface area contributed by atoms with Gasteiger partial charge in [-0.25, -0.2) is 0 Å². The van der Waals surface area contributed by atoms with E-state index in [-0.39, 0.29) is 0 Å². The first kappa shape index (κ1) is 12.7. The first-order valence-electron chi connectivity index (χ1n) is 7.86. The molecule has 20 heavy (non-hydrogen) atoms. The van der Waals surface area contributed by atoms with Gasteiger partial charge in [0.15, 0.2) is 0 Å². The molecule has 0 amide bonds. The smallest absolute Gasteiger partial charge is 0.118 e. The van der Waals surface area contributed by atoms with Gasteiger partial charge in [-0.05, 0) is 56.6 Å². The van der Waals surface area contributed by atoms with Crippen molar-refractivity contribution in [3.8, 4) is 5.75 Å². The van der Waals surface area contributed by atoms with Crippen molar-refractivity contribution < 1.29 is 4.74 Å². The van der Waals surface area contributed by atoms with E-state index in [1.54, 1.807) is 7.11 Å². The van der Waals surface area contributed by atoms with E-state index in [1.165, 1.54) is 38.0 Å². The number of nitrogens with zero attached hydrogens (tertiary/aromatic N) is 2.